The van der Waals surface area contributed by atoms with Crippen LogP contribution in [0.25, 0.3) is 0 Å². The number of carbonyl (C=O) groups excluding carboxylic acids is 1. The van der Waals surface area contributed by atoms with Gasteiger partial charge in [0.2, 0.25) is 0 Å². The van der Waals surface area contributed by atoms with E-state index in [-0.39, 0.29) is 12.4 Å². The Morgan fingerprint density at radius 2 is 1.79 bits per heavy atom. The molecule has 1 aliphatic rings. The summed E-state index contributed by atoms with van der Waals surface area (Å²) >= 11 is 0. The highest BCUT2D eigenvalue weighted by atomic mass is 19.4. The molecular weight excluding hydrogens is 429 g/mol. The fourth-order valence-electron chi connectivity index (χ4n) is 2.92. The van der Waals surface area contributed by atoms with Crippen molar-refractivity contribution in [2.45, 2.75) is 91.8 Å². The third-order valence-electron chi connectivity index (χ3n) is 4.55. The number of rotatable bonds is 8. The number of aliphatic hydroxyl groups is 1. The first-order valence-corrected chi connectivity index (χ1v) is 12.0. The number of ether oxygens (including phenoxy) is 1. The zero-order valence-corrected chi connectivity index (χ0v) is 20.9. The maximum Gasteiger partial charge on any atom is 0.416 e. The zero-order valence-electron chi connectivity index (χ0n) is 20.9. The summed E-state index contributed by atoms with van der Waals surface area (Å²) in [6.45, 7) is 9.67. The van der Waals surface area contributed by atoms with Gasteiger partial charge in [0.1, 0.15) is 24.7 Å². The third-order valence-corrected chi connectivity index (χ3v) is 4.55. The summed E-state index contributed by atoms with van der Waals surface area (Å²) in [4.78, 5) is 8.81. The van der Waals surface area contributed by atoms with Crippen LogP contribution < -0.4 is 4.74 Å². The highest BCUT2D eigenvalue weighted by Crippen LogP contribution is 2.31. The van der Waals surface area contributed by atoms with Gasteiger partial charge in [-0.2, -0.15) is 13.2 Å². The van der Waals surface area contributed by atoms with Crippen molar-refractivity contribution in [3.05, 3.63) is 54.1 Å². The number of aldehydes is 1. The maximum absolute atomic E-state index is 12.5. The monoisotopic (exact) mass is 472 g/mol. The van der Waals surface area contributed by atoms with Gasteiger partial charge in [0.25, 0.3) is 0 Å². The minimum atomic E-state index is -4.39. The van der Waals surface area contributed by atoms with Crippen LogP contribution in [0, 0.1) is 5.92 Å². The summed E-state index contributed by atoms with van der Waals surface area (Å²) in [5.41, 5.74) is -0.754. The molecule has 2 rings (SSSR count). The van der Waals surface area contributed by atoms with Gasteiger partial charge >= 0.3 is 6.18 Å². The Kier molecular flexibility index (Phi) is 21.8. The van der Waals surface area contributed by atoms with Crippen molar-refractivity contribution >= 4 is 6.29 Å². The van der Waals surface area contributed by atoms with Crippen molar-refractivity contribution in [2.75, 3.05) is 6.61 Å². The number of aliphatic hydroxyl groups excluding tert-OH is 1. The second-order valence-electron chi connectivity index (χ2n) is 7.28. The molecule has 33 heavy (non-hydrogen) atoms. The molecule has 0 aromatic heterocycles. The second kappa shape index (κ2) is 21.7. The van der Waals surface area contributed by atoms with E-state index >= 15 is 0 Å². The molecule has 6 heteroatoms. The first-order chi connectivity index (χ1) is 15.8. The van der Waals surface area contributed by atoms with E-state index in [1.54, 1.807) is 6.08 Å². The number of allylic oxidation sites excluding steroid dienone is 3. The minimum absolute atomic E-state index is 0.0511. The van der Waals surface area contributed by atoms with Crippen LogP contribution >= 0.6 is 0 Å². The molecule has 1 aromatic rings. The van der Waals surface area contributed by atoms with Gasteiger partial charge in [-0.15, -0.1) is 0 Å². The molecule has 1 aliphatic carbocycles. The predicted octanol–water partition coefficient (Wildman–Crippen LogP) is 8.18. The summed E-state index contributed by atoms with van der Waals surface area (Å²) in [5, 5.41) is 9.77. The highest BCUT2D eigenvalue weighted by molar-refractivity contribution is 5.44. The van der Waals surface area contributed by atoms with Gasteiger partial charge in [0, 0.05) is 0 Å². The summed E-state index contributed by atoms with van der Waals surface area (Å²) in [6, 6.07) is 4.66. The standard InChI is InChI=1S/C16H19F3O2.C7H14.C2H4O.C2H6/c17-16(18,19)13-6-3-7-15(10-13)21-11-14(20)9-8-12-4-1-2-5-12;1-3-5-7-6-4-2;1-2-3;1-2/h3,6-10,12,14,20H,1-2,4-5,11H2;3,5H,4,6-7H2,1-2H3;2H,1H3;1-2H3/b9-8+;5-3-;;/t14-;;;/m1.../s1. The predicted molar refractivity (Wildman–Crippen MR) is 131 cm³/mol. The van der Waals surface area contributed by atoms with E-state index in [1.807, 2.05) is 19.9 Å². The minimum Gasteiger partial charge on any atom is -0.491 e. The average Bonchev–Trinajstić information content (AvgIpc) is 3.32. The number of unbranched alkanes of at least 4 members (excludes halogenated alkanes) is 2. The number of halogens is 3. The van der Waals surface area contributed by atoms with Crippen LogP contribution in [-0.4, -0.2) is 24.1 Å². The molecule has 0 aliphatic heterocycles. The normalized spacial score (nSPS) is 14.5. The van der Waals surface area contributed by atoms with E-state index < -0.39 is 17.8 Å². The molecule has 1 saturated carbocycles. The summed E-state index contributed by atoms with van der Waals surface area (Å²) in [6.07, 6.45) is 12.1. The van der Waals surface area contributed by atoms with Gasteiger partial charge in [0.15, 0.2) is 0 Å². The van der Waals surface area contributed by atoms with Crippen molar-refractivity contribution in [3.8, 4) is 5.75 Å². The Labute approximate surface area is 198 Å². The molecule has 1 N–H and O–H groups in total. The Morgan fingerprint density at radius 3 is 2.30 bits per heavy atom. The van der Waals surface area contributed by atoms with Crippen molar-refractivity contribution < 1.29 is 27.8 Å². The van der Waals surface area contributed by atoms with Crippen LogP contribution in [0.2, 0.25) is 0 Å². The topological polar surface area (TPSA) is 46.5 Å². The van der Waals surface area contributed by atoms with E-state index in [0.29, 0.717) is 5.92 Å². The van der Waals surface area contributed by atoms with Gasteiger partial charge in [-0.05, 0) is 57.2 Å². The van der Waals surface area contributed by atoms with E-state index in [1.165, 1.54) is 51.2 Å². The molecule has 0 saturated heterocycles. The summed E-state index contributed by atoms with van der Waals surface area (Å²) < 4.78 is 42.8. The Bertz CT molecular complexity index is 634. The molecule has 1 atom stereocenters. The second-order valence-corrected chi connectivity index (χ2v) is 7.28. The Hall–Kier alpha value is -2.08. The van der Waals surface area contributed by atoms with Crippen molar-refractivity contribution in [2.24, 2.45) is 5.92 Å². The molecular formula is C27H43F3O3. The quantitative estimate of drug-likeness (QED) is 0.236. The lowest BCUT2D eigenvalue weighted by Crippen LogP contribution is -2.15. The SMILES string of the molecule is C/C=C\CCCC.CC.CC=O.O[C@H](/C=C/C1CCCC1)COc1cccc(C(F)(F)F)c1. The Morgan fingerprint density at radius 1 is 1.18 bits per heavy atom. The molecule has 0 spiro atoms. The van der Waals surface area contributed by atoms with E-state index in [9.17, 15) is 18.3 Å². The molecule has 1 fully saturated rings. The van der Waals surface area contributed by atoms with Crippen LogP contribution in [0.15, 0.2) is 48.6 Å². The first kappa shape index (κ1) is 33.1. The van der Waals surface area contributed by atoms with E-state index in [4.69, 9.17) is 9.53 Å². The first-order valence-electron chi connectivity index (χ1n) is 12.0. The van der Waals surface area contributed by atoms with Gasteiger partial charge in [-0.25, -0.2) is 0 Å². The number of hydrogen-bond donors (Lipinski definition) is 1. The van der Waals surface area contributed by atoms with Crippen molar-refractivity contribution in [1.82, 2.24) is 0 Å². The third kappa shape index (κ3) is 19.1. The lowest BCUT2D eigenvalue weighted by atomic mass is 10.1. The van der Waals surface area contributed by atoms with Gasteiger partial charge in [-0.1, -0.05) is 76.8 Å². The number of alkyl halides is 3. The maximum atomic E-state index is 12.5. The zero-order chi connectivity index (χ0) is 25.5. The Balaban J connectivity index is 0. The van der Waals surface area contributed by atoms with Crippen LogP contribution in [0.1, 0.15) is 85.1 Å². The lowest BCUT2D eigenvalue weighted by Gasteiger charge is -2.12. The number of hydrogen-bond acceptors (Lipinski definition) is 3. The van der Waals surface area contributed by atoms with Crippen LogP contribution in [0.4, 0.5) is 13.2 Å². The van der Waals surface area contributed by atoms with Crippen LogP contribution in [0.3, 0.4) is 0 Å². The van der Waals surface area contributed by atoms with Crippen LogP contribution in [-0.2, 0) is 11.0 Å². The van der Waals surface area contributed by atoms with E-state index in [0.717, 1.165) is 31.3 Å². The van der Waals surface area contributed by atoms with E-state index in [2.05, 4.69) is 26.0 Å². The molecule has 190 valence electrons. The van der Waals surface area contributed by atoms with Gasteiger partial charge in [0.05, 0.1) is 5.56 Å². The molecule has 1 aromatic carbocycles. The average molecular weight is 473 g/mol. The molecule has 0 unspecified atom stereocenters. The number of carbonyl (C=O) groups is 1. The fourth-order valence-corrected chi connectivity index (χ4v) is 2.92. The molecule has 0 amide bonds. The highest BCUT2D eigenvalue weighted by Gasteiger charge is 2.30. The number of benzene rings is 1. The smallest absolute Gasteiger partial charge is 0.416 e. The molecule has 3 nitrogen and oxygen atoms in total. The van der Waals surface area contributed by atoms with Gasteiger partial charge < -0.3 is 14.6 Å². The molecule has 0 radical (unpaired) electrons. The molecule has 0 heterocycles. The van der Waals surface area contributed by atoms with Crippen molar-refractivity contribution in [1.29, 1.82) is 0 Å². The van der Waals surface area contributed by atoms with Gasteiger partial charge in [-0.3, -0.25) is 0 Å². The summed E-state index contributed by atoms with van der Waals surface area (Å²) in [7, 11) is 0. The van der Waals surface area contributed by atoms with Crippen molar-refractivity contribution in [3.63, 3.8) is 0 Å². The fraction of sp³-hybridized carbons (Fsp3) is 0.593. The summed E-state index contributed by atoms with van der Waals surface area (Å²) in [5.74, 6) is 0.617. The largest absolute Gasteiger partial charge is 0.491 e. The lowest BCUT2D eigenvalue weighted by molar-refractivity contribution is -0.137. The molecule has 0 bridgehead atoms. The van der Waals surface area contributed by atoms with Crippen LogP contribution in [0.5, 0.6) is 5.75 Å².